The van der Waals surface area contributed by atoms with E-state index in [2.05, 4.69) is 26.2 Å². The van der Waals surface area contributed by atoms with E-state index < -0.39 is 0 Å². The maximum absolute atomic E-state index is 3.81. The molecule has 0 aliphatic carbocycles. The van der Waals surface area contributed by atoms with E-state index in [-0.39, 0.29) is 0 Å². The molecule has 0 aliphatic heterocycles. The Kier molecular flexibility index (Phi) is 5.45. The average Bonchev–Trinajstić information content (AvgIpc) is 1.97. The predicted molar refractivity (Wildman–Crippen MR) is 47.9 cm³/mol. The SMILES string of the molecule is C=CC=CC(=C)C=CCC. The van der Waals surface area contributed by atoms with E-state index in [4.69, 9.17) is 0 Å². The molecule has 0 rings (SSSR count). The first-order valence-corrected chi connectivity index (χ1v) is 3.45. The average molecular weight is 134 g/mol. The summed E-state index contributed by atoms with van der Waals surface area (Å²) in [5.41, 5.74) is 1.02. The number of rotatable bonds is 4. The summed E-state index contributed by atoms with van der Waals surface area (Å²) in [4.78, 5) is 0. The Morgan fingerprint density at radius 2 is 2.10 bits per heavy atom. The van der Waals surface area contributed by atoms with E-state index in [1.165, 1.54) is 0 Å². The lowest BCUT2D eigenvalue weighted by molar-refractivity contribution is 1.22. The minimum atomic E-state index is 1.02. The van der Waals surface area contributed by atoms with Gasteiger partial charge in [0.25, 0.3) is 0 Å². The summed E-state index contributed by atoms with van der Waals surface area (Å²) in [6.07, 6.45) is 10.7. The molecular formula is C10H14. The monoisotopic (exact) mass is 134 g/mol. The van der Waals surface area contributed by atoms with Gasteiger partial charge in [-0.05, 0) is 12.0 Å². The van der Waals surface area contributed by atoms with Crippen molar-refractivity contribution in [3.05, 3.63) is 49.1 Å². The summed E-state index contributed by atoms with van der Waals surface area (Å²) in [5.74, 6) is 0. The van der Waals surface area contributed by atoms with Gasteiger partial charge >= 0.3 is 0 Å². The third-order valence-corrected chi connectivity index (χ3v) is 1.01. The molecule has 0 fully saturated rings. The Morgan fingerprint density at radius 3 is 2.60 bits per heavy atom. The Bertz CT molecular complexity index is 159. The summed E-state index contributed by atoms with van der Waals surface area (Å²) in [6.45, 7) is 9.47. The van der Waals surface area contributed by atoms with Gasteiger partial charge < -0.3 is 0 Å². The minimum absolute atomic E-state index is 1.02. The third-order valence-electron chi connectivity index (χ3n) is 1.01. The topological polar surface area (TPSA) is 0 Å². The zero-order valence-corrected chi connectivity index (χ0v) is 6.51. The molecule has 0 heterocycles. The van der Waals surface area contributed by atoms with Crippen molar-refractivity contribution in [3.63, 3.8) is 0 Å². The van der Waals surface area contributed by atoms with Crippen LogP contribution in [0.3, 0.4) is 0 Å². The Balaban J connectivity index is 3.74. The Morgan fingerprint density at radius 1 is 1.40 bits per heavy atom. The van der Waals surface area contributed by atoms with Crippen molar-refractivity contribution in [1.29, 1.82) is 0 Å². The van der Waals surface area contributed by atoms with Crippen LogP contribution in [-0.2, 0) is 0 Å². The lowest BCUT2D eigenvalue weighted by atomic mass is 10.2. The van der Waals surface area contributed by atoms with E-state index in [1.54, 1.807) is 6.08 Å². The molecule has 0 aromatic heterocycles. The van der Waals surface area contributed by atoms with E-state index in [0.29, 0.717) is 0 Å². The standard InChI is InChI=1S/C10H14/c1-4-6-8-10(3)9-7-5-2/h4,6-9H,1,3,5H2,2H3. The molecule has 0 atom stereocenters. The van der Waals surface area contributed by atoms with E-state index in [1.807, 2.05) is 18.2 Å². The van der Waals surface area contributed by atoms with Gasteiger partial charge in [0.05, 0.1) is 0 Å². The lowest BCUT2D eigenvalue weighted by Gasteiger charge is -1.85. The summed E-state index contributed by atoms with van der Waals surface area (Å²) >= 11 is 0. The van der Waals surface area contributed by atoms with Crippen molar-refractivity contribution in [1.82, 2.24) is 0 Å². The molecule has 0 amide bonds. The maximum atomic E-state index is 3.81. The zero-order chi connectivity index (χ0) is 7.82. The van der Waals surface area contributed by atoms with Crippen molar-refractivity contribution in [3.8, 4) is 0 Å². The Labute approximate surface area is 63.3 Å². The molecule has 0 spiro atoms. The summed E-state index contributed by atoms with van der Waals surface area (Å²) in [5, 5.41) is 0. The zero-order valence-electron chi connectivity index (χ0n) is 6.51. The van der Waals surface area contributed by atoms with Crippen molar-refractivity contribution >= 4 is 0 Å². The first kappa shape index (κ1) is 8.96. The van der Waals surface area contributed by atoms with Crippen molar-refractivity contribution in [2.75, 3.05) is 0 Å². The molecule has 0 N–H and O–H groups in total. The molecule has 0 saturated heterocycles. The van der Waals surface area contributed by atoms with Crippen molar-refractivity contribution in [2.24, 2.45) is 0 Å². The molecule has 0 bridgehead atoms. The van der Waals surface area contributed by atoms with Crippen LogP contribution >= 0.6 is 0 Å². The second kappa shape index (κ2) is 6.09. The quantitative estimate of drug-likeness (QED) is 0.518. The highest BCUT2D eigenvalue weighted by atomic mass is 13.8. The van der Waals surface area contributed by atoms with Crippen LogP contribution in [0.2, 0.25) is 0 Å². The van der Waals surface area contributed by atoms with Gasteiger partial charge in [-0.2, -0.15) is 0 Å². The van der Waals surface area contributed by atoms with E-state index >= 15 is 0 Å². The van der Waals surface area contributed by atoms with Crippen LogP contribution in [0.15, 0.2) is 49.1 Å². The summed E-state index contributed by atoms with van der Waals surface area (Å²) in [7, 11) is 0. The first-order valence-electron chi connectivity index (χ1n) is 3.45. The van der Waals surface area contributed by atoms with Crippen molar-refractivity contribution < 1.29 is 0 Å². The summed E-state index contributed by atoms with van der Waals surface area (Å²) in [6, 6.07) is 0. The smallest absolute Gasteiger partial charge is 0.0332 e. The molecule has 0 aromatic rings. The largest absolute Gasteiger partial charge is 0.0991 e. The van der Waals surface area contributed by atoms with Gasteiger partial charge in [-0.25, -0.2) is 0 Å². The molecule has 0 aliphatic rings. The van der Waals surface area contributed by atoms with Gasteiger partial charge in [0.15, 0.2) is 0 Å². The highest BCUT2D eigenvalue weighted by molar-refractivity contribution is 5.28. The molecule has 54 valence electrons. The van der Waals surface area contributed by atoms with Gasteiger partial charge in [-0.15, -0.1) is 0 Å². The van der Waals surface area contributed by atoms with Gasteiger partial charge in [-0.3, -0.25) is 0 Å². The van der Waals surface area contributed by atoms with E-state index in [9.17, 15) is 0 Å². The van der Waals surface area contributed by atoms with Crippen molar-refractivity contribution in [2.45, 2.75) is 13.3 Å². The van der Waals surface area contributed by atoms with Crippen LogP contribution in [0, 0.1) is 0 Å². The molecular weight excluding hydrogens is 120 g/mol. The van der Waals surface area contributed by atoms with Gasteiger partial charge in [0, 0.05) is 0 Å². The lowest BCUT2D eigenvalue weighted by Crippen LogP contribution is -1.64. The fourth-order valence-electron chi connectivity index (χ4n) is 0.516. The maximum Gasteiger partial charge on any atom is -0.0332 e. The third kappa shape index (κ3) is 5.10. The normalized spacial score (nSPS) is 10.9. The molecule has 0 saturated carbocycles. The molecule has 0 nitrogen and oxygen atoms in total. The second-order valence-corrected chi connectivity index (χ2v) is 1.98. The van der Waals surface area contributed by atoms with Crippen LogP contribution in [0.1, 0.15) is 13.3 Å². The fraction of sp³-hybridized carbons (Fsp3) is 0.200. The molecule has 0 heteroatoms. The minimum Gasteiger partial charge on any atom is -0.0991 e. The fourth-order valence-corrected chi connectivity index (χ4v) is 0.516. The van der Waals surface area contributed by atoms with Gasteiger partial charge in [-0.1, -0.05) is 50.5 Å². The van der Waals surface area contributed by atoms with Crippen LogP contribution in [0.25, 0.3) is 0 Å². The predicted octanol–water partition coefficient (Wildman–Crippen LogP) is 3.25. The first-order chi connectivity index (χ1) is 4.81. The molecule has 0 aromatic carbocycles. The van der Waals surface area contributed by atoms with Gasteiger partial charge in [0.1, 0.15) is 0 Å². The van der Waals surface area contributed by atoms with Gasteiger partial charge in [0.2, 0.25) is 0 Å². The van der Waals surface area contributed by atoms with Crippen LogP contribution in [0.4, 0.5) is 0 Å². The van der Waals surface area contributed by atoms with E-state index in [0.717, 1.165) is 12.0 Å². The Hall–Kier alpha value is -1.04. The van der Waals surface area contributed by atoms with Crippen LogP contribution < -0.4 is 0 Å². The molecule has 0 unspecified atom stereocenters. The number of hydrogen-bond acceptors (Lipinski definition) is 0. The highest BCUT2D eigenvalue weighted by Gasteiger charge is 1.75. The molecule has 10 heavy (non-hydrogen) atoms. The number of allylic oxidation sites excluding steroid dienone is 6. The van der Waals surface area contributed by atoms with Crippen LogP contribution in [-0.4, -0.2) is 0 Å². The number of hydrogen-bond donors (Lipinski definition) is 0. The second-order valence-electron chi connectivity index (χ2n) is 1.98. The highest BCUT2D eigenvalue weighted by Crippen LogP contribution is 1.95. The van der Waals surface area contributed by atoms with Crippen LogP contribution in [0.5, 0.6) is 0 Å². The summed E-state index contributed by atoms with van der Waals surface area (Å²) < 4.78 is 0. The molecule has 0 radical (unpaired) electrons.